The van der Waals surface area contributed by atoms with Crippen molar-refractivity contribution in [2.75, 3.05) is 19.8 Å². The van der Waals surface area contributed by atoms with Gasteiger partial charge in [-0.1, -0.05) is 0 Å². The van der Waals surface area contributed by atoms with Gasteiger partial charge in [-0.25, -0.2) is 0 Å². The lowest BCUT2D eigenvalue weighted by Crippen LogP contribution is -2.38. The largest absolute Gasteiger partial charge is 0.471 e. The number of carbonyl (C=O) groups is 1. The first-order valence-electron chi connectivity index (χ1n) is 5.00. The maximum Gasteiger partial charge on any atom is 0.471 e. The van der Waals surface area contributed by atoms with Gasteiger partial charge in [0.25, 0.3) is 0 Å². The van der Waals surface area contributed by atoms with Gasteiger partial charge in [-0.2, -0.15) is 13.2 Å². The van der Waals surface area contributed by atoms with Crippen LogP contribution < -0.4 is 5.32 Å². The van der Waals surface area contributed by atoms with Crippen LogP contribution in [0.5, 0.6) is 0 Å². The molecule has 0 atom stereocenters. The highest BCUT2D eigenvalue weighted by Crippen LogP contribution is 2.14. The first-order chi connectivity index (χ1) is 7.41. The summed E-state index contributed by atoms with van der Waals surface area (Å²) in [6.45, 7) is 4.17. The fourth-order valence-corrected chi connectivity index (χ4v) is 0.990. The second kappa shape index (κ2) is 7.45. The lowest BCUT2D eigenvalue weighted by molar-refractivity contribution is -0.174. The third-order valence-electron chi connectivity index (χ3n) is 1.63. The van der Waals surface area contributed by atoms with E-state index < -0.39 is 18.4 Å². The molecule has 0 aliphatic carbocycles. The van der Waals surface area contributed by atoms with Gasteiger partial charge >= 0.3 is 12.1 Å². The summed E-state index contributed by atoms with van der Waals surface area (Å²) in [7, 11) is 0. The van der Waals surface area contributed by atoms with Gasteiger partial charge in [0.15, 0.2) is 6.29 Å². The maximum atomic E-state index is 11.8. The Morgan fingerprint density at radius 3 is 2.12 bits per heavy atom. The molecule has 1 N–H and O–H groups in total. The molecule has 0 fully saturated rings. The molecule has 0 unspecified atom stereocenters. The van der Waals surface area contributed by atoms with Crippen LogP contribution in [0.2, 0.25) is 0 Å². The molecule has 0 saturated carbocycles. The molecule has 0 bridgehead atoms. The van der Waals surface area contributed by atoms with Crippen LogP contribution >= 0.6 is 0 Å². The zero-order chi connectivity index (χ0) is 12.6. The SMILES string of the molecule is CCOC(CCNC(=O)C(F)(F)F)OCC. The fourth-order valence-electron chi connectivity index (χ4n) is 0.990. The monoisotopic (exact) mass is 243 g/mol. The molecule has 0 heterocycles. The van der Waals surface area contributed by atoms with Crippen LogP contribution in [0.1, 0.15) is 20.3 Å². The fraction of sp³-hybridized carbons (Fsp3) is 0.889. The molecule has 4 nitrogen and oxygen atoms in total. The second-order valence-corrected chi connectivity index (χ2v) is 2.88. The van der Waals surface area contributed by atoms with E-state index in [1.54, 1.807) is 19.2 Å². The summed E-state index contributed by atoms with van der Waals surface area (Å²) >= 11 is 0. The number of amides is 1. The van der Waals surface area contributed by atoms with E-state index in [9.17, 15) is 18.0 Å². The molecule has 7 heteroatoms. The zero-order valence-corrected chi connectivity index (χ0v) is 9.26. The van der Waals surface area contributed by atoms with E-state index in [-0.39, 0.29) is 13.0 Å². The van der Waals surface area contributed by atoms with Crippen molar-refractivity contribution < 1.29 is 27.4 Å². The van der Waals surface area contributed by atoms with Crippen molar-refractivity contribution in [2.45, 2.75) is 32.7 Å². The Labute approximate surface area is 92.1 Å². The minimum atomic E-state index is -4.84. The van der Waals surface area contributed by atoms with Gasteiger partial charge < -0.3 is 14.8 Å². The topological polar surface area (TPSA) is 47.6 Å². The highest BCUT2D eigenvalue weighted by atomic mass is 19.4. The van der Waals surface area contributed by atoms with Crippen LogP contribution in [0.15, 0.2) is 0 Å². The summed E-state index contributed by atoms with van der Waals surface area (Å²) < 4.78 is 45.6. The van der Waals surface area contributed by atoms with Gasteiger partial charge in [0, 0.05) is 26.2 Å². The Morgan fingerprint density at radius 1 is 1.25 bits per heavy atom. The molecule has 0 aliphatic rings. The summed E-state index contributed by atoms with van der Waals surface area (Å²) in [6, 6.07) is 0. The Bertz CT molecular complexity index is 203. The average Bonchev–Trinajstić information content (AvgIpc) is 2.16. The molecule has 0 aromatic rings. The van der Waals surface area contributed by atoms with Crippen LogP contribution in [0.3, 0.4) is 0 Å². The van der Waals surface area contributed by atoms with Crippen LogP contribution in [0, 0.1) is 0 Å². The second-order valence-electron chi connectivity index (χ2n) is 2.88. The lowest BCUT2D eigenvalue weighted by Gasteiger charge is -2.17. The third-order valence-corrected chi connectivity index (χ3v) is 1.63. The molecule has 0 rings (SSSR count). The first-order valence-corrected chi connectivity index (χ1v) is 5.00. The van der Waals surface area contributed by atoms with E-state index in [0.717, 1.165) is 0 Å². The van der Waals surface area contributed by atoms with Crippen LogP contribution in [-0.2, 0) is 14.3 Å². The summed E-state index contributed by atoms with van der Waals surface area (Å²) in [6.07, 6.45) is -5.24. The lowest BCUT2D eigenvalue weighted by atomic mass is 10.4. The zero-order valence-electron chi connectivity index (χ0n) is 9.26. The number of halogens is 3. The van der Waals surface area contributed by atoms with Gasteiger partial charge in [0.05, 0.1) is 0 Å². The van der Waals surface area contributed by atoms with Gasteiger partial charge in [-0.05, 0) is 13.8 Å². The number of rotatable bonds is 7. The highest BCUT2D eigenvalue weighted by Gasteiger charge is 2.38. The molecule has 16 heavy (non-hydrogen) atoms. The van der Waals surface area contributed by atoms with Crippen molar-refractivity contribution in [3.05, 3.63) is 0 Å². The Morgan fingerprint density at radius 2 is 1.75 bits per heavy atom. The molecular weight excluding hydrogens is 227 g/mol. The first kappa shape index (κ1) is 15.2. The Balaban J connectivity index is 3.81. The van der Waals surface area contributed by atoms with E-state index in [1.165, 1.54) is 0 Å². The van der Waals surface area contributed by atoms with E-state index in [4.69, 9.17) is 9.47 Å². The number of hydrogen-bond acceptors (Lipinski definition) is 3. The predicted octanol–water partition coefficient (Wildman–Crippen LogP) is 1.45. The summed E-state index contributed by atoms with van der Waals surface area (Å²) in [4.78, 5) is 10.4. The van der Waals surface area contributed by atoms with Crippen LogP contribution in [0.25, 0.3) is 0 Å². The number of alkyl halides is 3. The standard InChI is InChI=1S/C9H16F3NO3/c1-3-15-7(16-4-2)5-6-13-8(14)9(10,11)12/h7H,3-6H2,1-2H3,(H,13,14). The Kier molecular flexibility index (Phi) is 7.07. The average molecular weight is 243 g/mol. The van der Waals surface area contributed by atoms with Crippen molar-refractivity contribution in [3.8, 4) is 0 Å². The number of ether oxygens (including phenoxy) is 2. The summed E-state index contributed by atoms with van der Waals surface area (Å²) in [5.74, 6) is -1.95. The minimum Gasteiger partial charge on any atom is -0.353 e. The molecule has 0 aliphatic heterocycles. The number of nitrogens with one attached hydrogen (secondary N) is 1. The Hall–Kier alpha value is -0.820. The van der Waals surface area contributed by atoms with E-state index in [0.29, 0.717) is 13.2 Å². The van der Waals surface area contributed by atoms with Crippen molar-refractivity contribution in [1.29, 1.82) is 0 Å². The van der Waals surface area contributed by atoms with Crippen molar-refractivity contribution >= 4 is 5.91 Å². The van der Waals surface area contributed by atoms with Crippen LogP contribution in [-0.4, -0.2) is 38.1 Å². The molecule has 96 valence electrons. The van der Waals surface area contributed by atoms with E-state index in [2.05, 4.69) is 0 Å². The predicted molar refractivity (Wildman–Crippen MR) is 50.7 cm³/mol. The molecule has 1 amide bonds. The smallest absolute Gasteiger partial charge is 0.353 e. The quantitative estimate of drug-likeness (QED) is 0.688. The minimum absolute atomic E-state index is 0.136. The molecular formula is C9H16F3NO3. The molecule has 0 aromatic carbocycles. The van der Waals surface area contributed by atoms with Crippen molar-refractivity contribution in [3.63, 3.8) is 0 Å². The van der Waals surface area contributed by atoms with Gasteiger partial charge in [-0.3, -0.25) is 4.79 Å². The molecule has 0 spiro atoms. The maximum absolute atomic E-state index is 11.8. The molecule has 0 aromatic heterocycles. The molecule has 0 radical (unpaired) electrons. The summed E-state index contributed by atoms with van der Waals surface area (Å²) in [5, 5.41) is 1.75. The van der Waals surface area contributed by atoms with Gasteiger partial charge in [0.2, 0.25) is 0 Å². The van der Waals surface area contributed by atoms with Crippen molar-refractivity contribution in [2.24, 2.45) is 0 Å². The number of hydrogen-bond donors (Lipinski definition) is 1. The van der Waals surface area contributed by atoms with Crippen LogP contribution in [0.4, 0.5) is 13.2 Å². The molecule has 0 saturated heterocycles. The third kappa shape index (κ3) is 6.62. The van der Waals surface area contributed by atoms with E-state index >= 15 is 0 Å². The van der Waals surface area contributed by atoms with Gasteiger partial charge in [0.1, 0.15) is 0 Å². The van der Waals surface area contributed by atoms with Gasteiger partial charge in [-0.15, -0.1) is 0 Å². The summed E-state index contributed by atoms with van der Waals surface area (Å²) in [5.41, 5.74) is 0. The highest BCUT2D eigenvalue weighted by molar-refractivity contribution is 5.81. The van der Waals surface area contributed by atoms with Crippen molar-refractivity contribution in [1.82, 2.24) is 5.32 Å². The van der Waals surface area contributed by atoms with E-state index in [1.807, 2.05) is 0 Å². The number of carbonyl (C=O) groups excluding carboxylic acids is 1. The normalized spacial score (nSPS) is 11.9.